The van der Waals surface area contributed by atoms with Crippen LogP contribution < -0.4 is 4.74 Å². The van der Waals surface area contributed by atoms with E-state index in [0.29, 0.717) is 17.4 Å². The maximum Gasteiger partial charge on any atom is 0.170 e. The number of carbonyl (C=O) groups is 1. The molecule has 1 aliphatic rings. The van der Waals surface area contributed by atoms with Gasteiger partial charge in [0, 0.05) is 11.8 Å². The minimum atomic E-state index is 0.484. The number of aromatic amines is 2. The van der Waals surface area contributed by atoms with Crippen molar-refractivity contribution in [3.05, 3.63) is 29.1 Å². The zero-order valence-corrected chi connectivity index (χ0v) is 11.2. The van der Waals surface area contributed by atoms with Gasteiger partial charge in [-0.3, -0.25) is 4.79 Å². The number of aldehydes is 1. The van der Waals surface area contributed by atoms with Crippen molar-refractivity contribution in [3.8, 4) is 17.1 Å². The van der Waals surface area contributed by atoms with Gasteiger partial charge in [0.15, 0.2) is 6.29 Å². The molecule has 19 heavy (non-hydrogen) atoms. The molecular formula is C15H18N2O2. The predicted molar refractivity (Wildman–Crippen MR) is 73.9 cm³/mol. The lowest BCUT2D eigenvalue weighted by Gasteiger charge is -2.17. The van der Waals surface area contributed by atoms with Crippen molar-refractivity contribution in [3.63, 3.8) is 0 Å². The van der Waals surface area contributed by atoms with E-state index in [1.807, 2.05) is 6.07 Å². The number of fused-ring (bicyclic) bond motifs is 1. The number of rotatable bonds is 3. The molecule has 2 heterocycles. The Morgan fingerprint density at radius 1 is 1.32 bits per heavy atom. The normalized spacial score (nSPS) is 18.1. The summed E-state index contributed by atoms with van der Waals surface area (Å²) in [6.07, 6.45) is 4.38. The molecule has 1 unspecified atom stereocenters. The summed E-state index contributed by atoms with van der Waals surface area (Å²) in [4.78, 5) is 17.5. The summed E-state index contributed by atoms with van der Waals surface area (Å²) in [6, 6.07) is 4.06. The first kappa shape index (κ1) is 12.1. The van der Waals surface area contributed by atoms with Crippen LogP contribution >= 0.6 is 0 Å². The molecule has 0 amide bonds. The van der Waals surface area contributed by atoms with E-state index < -0.39 is 0 Å². The van der Waals surface area contributed by atoms with Crippen molar-refractivity contribution in [1.29, 1.82) is 0 Å². The smallest absolute Gasteiger partial charge is 0.170 e. The maximum absolute atomic E-state index is 11.0. The molecule has 0 fully saturated rings. The fourth-order valence-corrected chi connectivity index (χ4v) is 2.90. The second-order valence-corrected chi connectivity index (χ2v) is 5.19. The summed E-state index contributed by atoms with van der Waals surface area (Å²) in [7, 11) is 1.57. The molecular weight excluding hydrogens is 240 g/mol. The zero-order valence-electron chi connectivity index (χ0n) is 11.2. The van der Waals surface area contributed by atoms with Crippen molar-refractivity contribution in [2.75, 3.05) is 7.11 Å². The molecule has 0 saturated carbocycles. The second-order valence-electron chi connectivity index (χ2n) is 5.19. The Morgan fingerprint density at radius 3 is 2.74 bits per heavy atom. The van der Waals surface area contributed by atoms with Crippen LogP contribution in [0.3, 0.4) is 0 Å². The van der Waals surface area contributed by atoms with Gasteiger partial charge in [0.25, 0.3) is 0 Å². The molecule has 2 aromatic rings. The Labute approximate surface area is 112 Å². The molecule has 0 aromatic carbocycles. The number of aromatic nitrogens is 2. The third-order valence-corrected chi connectivity index (χ3v) is 3.97. The molecule has 3 rings (SSSR count). The number of methoxy groups -OCH3 is 1. The Hall–Kier alpha value is -1.97. The van der Waals surface area contributed by atoms with Crippen molar-refractivity contribution in [2.45, 2.75) is 32.1 Å². The van der Waals surface area contributed by atoms with Crippen LogP contribution in [0, 0.1) is 0 Å². The first-order chi connectivity index (χ1) is 9.22. The van der Waals surface area contributed by atoms with E-state index in [0.717, 1.165) is 24.1 Å². The van der Waals surface area contributed by atoms with E-state index in [4.69, 9.17) is 4.74 Å². The highest BCUT2D eigenvalue weighted by Crippen LogP contribution is 2.35. The minimum absolute atomic E-state index is 0.484. The summed E-state index contributed by atoms with van der Waals surface area (Å²) in [5, 5.41) is 0. The molecule has 0 bridgehead atoms. The third-order valence-electron chi connectivity index (χ3n) is 3.97. The highest BCUT2D eigenvalue weighted by atomic mass is 16.5. The second kappa shape index (κ2) is 4.61. The van der Waals surface area contributed by atoms with Gasteiger partial charge in [-0.15, -0.1) is 0 Å². The van der Waals surface area contributed by atoms with Crippen LogP contribution in [0.5, 0.6) is 5.75 Å². The fraction of sp³-hybridized carbons (Fsp3) is 0.400. The Bertz CT molecular complexity index is 610. The summed E-state index contributed by atoms with van der Waals surface area (Å²) in [5.74, 6) is 1.20. The summed E-state index contributed by atoms with van der Waals surface area (Å²) in [6.45, 7) is 2.27. The van der Waals surface area contributed by atoms with Crippen LogP contribution in [-0.2, 0) is 6.42 Å². The van der Waals surface area contributed by atoms with Gasteiger partial charge in [0.2, 0.25) is 0 Å². The Kier molecular flexibility index (Phi) is 2.93. The number of nitrogens with one attached hydrogen (secondary N) is 2. The number of carbonyl (C=O) groups excluding carboxylic acids is 1. The first-order valence-corrected chi connectivity index (χ1v) is 6.67. The molecule has 2 N–H and O–H groups in total. The average molecular weight is 258 g/mol. The van der Waals surface area contributed by atoms with Crippen molar-refractivity contribution in [2.24, 2.45) is 0 Å². The molecule has 1 aliphatic carbocycles. The van der Waals surface area contributed by atoms with Crippen LogP contribution in [0.15, 0.2) is 12.1 Å². The lowest BCUT2D eigenvalue weighted by molar-refractivity contribution is 0.111. The maximum atomic E-state index is 11.0. The van der Waals surface area contributed by atoms with E-state index in [9.17, 15) is 4.79 Å². The molecule has 4 heteroatoms. The van der Waals surface area contributed by atoms with Crippen LogP contribution in [0.2, 0.25) is 0 Å². The van der Waals surface area contributed by atoms with Gasteiger partial charge in [0.05, 0.1) is 18.5 Å². The van der Waals surface area contributed by atoms with E-state index >= 15 is 0 Å². The van der Waals surface area contributed by atoms with Crippen LogP contribution in [0.4, 0.5) is 0 Å². The number of H-pyrrole nitrogens is 2. The van der Waals surface area contributed by atoms with Gasteiger partial charge in [-0.2, -0.15) is 0 Å². The van der Waals surface area contributed by atoms with E-state index in [1.54, 1.807) is 7.11 Å². The van der Waals surface area contributed by atoms with Crippen LogP contribution in [0.1, 0.15) is 47.4 Å². The monoisotopic (exact) mass is 258 g/mol. The van der Waals surface area contributed by atoms with Gasteiger partial charge < -0.3 is 14.7 Å². The van der Waals surface area contributed by atoms with Crippen LogP contribution in [-0.4, -0.2) is 23.4 Å². The predicted octanol–water partition coefficient (Wildman–Crippen LogP) is 3.27. The highest BCUT2D eigenvalue weighted by molar-refractivity contribution is 5.80. The van der Waals surface area contributed by atoms with Gasteiger partial charge >= 0.3 is 0 Å². The lowest BCUT2D eigenvalue weighted by atomic mass is 9.88. The molecule has 1 atom stereocenters. The molecule has 2 aromatic heterocycles. The van der Waals surface area contributed by atoms with Gasteiger partial charge in [-0.1, -0.05) is 6.92 Å². The van der Waals surface area contributed by atoms with E-state index in [2.05, 4.69) is 23.0 Å². The molecule has 0 saturated heterocycles. The van der Waals surface area contributed by atoms with E-state index in [1.165, 1.54) is 24.1 Å². The van der Waals surface area contributed by atoms with Crippen molar-refractivity contribution < 1.29 is 9.53 Å². The zero-order chi connectivity index (χ0) is 13.4. The summed E-state index contributed by atoms with van der Waals surface area (Å²) < 4.78 is 5.19. The minimum Gasteiger partial charge on any atom is -0.494 e. The van der Waals surface area contributed by atoms with Gasteiger partial charge in [-0.05, 0) is 36.8 Å². The molecule has 0 spiro atoms. The van der Waals surface area contributed by atoms with Crippen molar-refractivity contribution in [1.82, 2.24) is 9.97 Å². The highest BCUT2D eigenvalue weighted by Gasteiger charge is 2.20. The van der Waals surface area contributed by atoms with Crippen molar-refractivity contribution >= 4 is 6.29 Å². The number of aryl methyl sites for hydroxylation is 1. The number of ether oxygens (including phenoxy) is 1. The third kappa shape index (κ3) is 1.97. The summed E-state index contributed by atoms with van der Waals surface area (Å²) >= 11 is 0. The van der Waals surface area contributed by atoms with E-state index in [-0.39, 0.29) is 0 Å². The van der Waals surface area contributed by atoms with Gasteiger partial charge in [0.1, 0.15) is 11.4 Å². The Morgan fingerprint density at radius 2 is 2.11 bits per heavy atom. The summed E-state index contributed by atoms with van der Waals surface area (Å²) in [5.41, 5.74) is 5.15. The molecule has 100 valence electrons. The fourth-order valence-electron chi connectivity index (χ4n) is 2.90. The largest absolute Gasteiger partial charge is 0.494 e. The molecule has 0 aliphatic heterocycles. The number of hydrogen-bond donors (Lipinski definition) is 2. The SMILES string of the molecule is COc1cc(-c2cc3c([nH]2)CCCC3C)[nH]c1C=O. The van der Waals surface area contributed by atoms with Gasteiger partial charge in [-0.25, -0.2) is 0 Å². The first-order valence-electron chi connectivity index (χ1n) is 6.67. The lowest BCUT2D eigenvalue weighted by Crippen LogP contribution is -2.04. The molecule has 4 nitrogen and oxygen atoms in total. The quantitative estimate of drug-likeness (QED) is 0.830. The topological polar surface area (TPSA) is 57.9 Å². The van der Waals surface area contributed by atoms with Crippen LogP contribution in [0.25, 0.3) is 11.4 Å². The Balaban J connectivity index is 2.03. The average Bonchev–Trinajstić information content (AvgIpc) is 3.02. The molecule has 0 radical (unpaired) electrons. The number of hydrogen-bond acceptors (Lipinski definition) is 2. The standard InChI is InChI=1S/C15H18N2O2/c1-9-4-3-5-11-10(9)6-12(16-11)13-7-15(19-2)14(8-18)17-13/h6-9,16-17H,3-5H2,1-2H3.